The summed E-state index contributed by atoms with van der Waals surface area (Å²) in [6.07, 6.45) is 1.91. The van der Waals surface area contributed by atoms with Crippen molar-refractivity contribution < 1.29 is 0 Å². The van der Waals surface area contributed by atoms with Crippen molar-refractivity contribution in [2.45, 2.75) is 0 Å². The van der Waals surface area contributed by atoms with E-state index < -0.39 is 0 Å². The second-order valence-corrected chi connectivity index (χ2v) is 2.20. The maximum Gasteiger partial charge on any atom is 0.0551 e. The van der Waals surface area contributed by atoms with Gasteiger partial charge >= 0.3 is 0 Å². The number of fused-ring (bicyclic) bond motifs is 2. The van der Waals surface area contributed by atoms with Gasteiger partial charge in [-0.3, -0.25) is 0 Å². The Bertz CT molecular complexity index is 221. The second kappa shape index (κ2) is 1.47. The Kier molecular flexibility index (Phi) is 0.786. The number of hydrogen-bond acceptors (Lipinski definition) is 0. The third-order valence-corrected chi connectivity index (χ3v) is 1.69. The van der Waals surface area contributed by atoms with E-state index >= 15 is 0 Å². The SMILES string of the molecule is C=C[C]1c2cccc1c2. The topological polar surface area (TPSA) is 0 Å². The molecule has 0 spiro atoms. The van der Waals surface area contributed by atoms with Crippen LogP contribution in [0.4, 0.5) is 0 Å². The number of allylic oxidation sites excluding steroid dienone is 1. The molecule has 0 atom stereocenters. The van der Waals surface area contributed by atoms with Crippen LogP contribution in [0.5, 0.6) is 0 Å². The molecule has 0 N–H and O–H groups in total. The van der Waals surface area contributed by atoms with Crippen LogP contribution in [0.1, 0.15) is 11.1 Å². The monoisotopic (exact) mass is 115 g/mol. The van der Waals surface area contributed by atoms with E-state index in [2.05, 4.69) is 30.8 Å². The zero-order valence-corrected chi connectivity index (χ0v) is 5.09. The van der Waals surface area contributed by atoms with Gasteiger partial charge in [-0.25, -0.2) is 0 Å². The molecular formula is C9H7. The van der Waals surface area contributed by atoms with Crippen molar-refractivity contribution in [2.24, 2.45) is 0 Å². The average molecular weight is 115 g/mol. The molecule has 2 bridgehead atoms. The molecule has 0 nitrogen and oxygen atoms in total. The lowest BCUT2D eigenvalue weighted by atomic mass is 9.81. The van der Waals surface area contributed by atoms with Crippen LogP contribution in [0.2, 0.25) is 0 Å². The van der Waals surface area contributed by atoms with Crippen molar-refractivity contribution in [2.75, 3.05) is 0 Å². The quantitative estimate of drug-likeness (QED) is 0.526. The first-order chi connectivity index (χ1) is 4.42. The van der Waals surface area contributed by atoms with Crippen LogP contribution in [0.15, 0.2) is 36.9 Å². The molecule has 0 heterocycles. The smallest absolute Gasteiger partial charge is 0.0551 e. The second-order valence-electron chi connectivity index (χ2n) is 2.20. The Labute approximate surface area is 54.8 Å². The van der Waals surface area contributed by atoms with E-state index in [1.807, 2.05) is 6.08 Å². The molecule has 0 saturated carbocycles. The average Bonchev–Trinajstić information content (AvgIpc) is 1.90. The van der Waals surface area contributed by atoms with E-state index in [1.54, 1.807) is 0 Å². The van der Waals surface area contributed by atoms with Crippen LogP contribution in [0.3, 0.4) is 0 Å². The minimum atomic E-state index is 1.30. The summed E-state index contributed by atoms with van der Waals surface area (Å²) in [7, 11) is 0. The molecule has 1 aromatic carbocycles. The molecule has 0 saturated heterocycles. The van der Waals surface area contributed by atoms with Crippen LogP contribution < -0.4 is 0 Å². The summed E-state index contributed by atoms with van der Waals surface area (Å²) in [5, 5.41) is 0. The van der Waals surface area contributed by atoms with Gasteiger partial charge in [-0.05, 0) is 11.1 Å². The van der Waals surface area contributed by atoms with Gasteiger partial charge in [0.05, 0.1) is 5.92 Å². The zero-order valence-electron chi connectivity index (χ0n) is 5.09. The molecule has 0 aromatic heterocycles. The lowest BCUT2D eigenvalue weighted by Crippen LogP contribution is -2.07. The molecule has 0 fully saturated rings. The maximum absolute atomic E-state index is 3.71. The third kappa shape index (κ3) is 0.476. The van der Waals surface area contributed by atoms with Crippen LogP contribution >= 0.6 is 0 Å². The first kappa shape index (κ1) is 4.80. The summed E-state index contributed by atoms with van der Waals surface area (Å²) in [6, 6.07) is 8.43. The Morgan fingerprint density at radius 2 is 1.89 bits per heavy atom. The van der Waals surface area contributed by atoms with Gasteiger partial charge in [-0.15, -0.1) is 6.58 Å². The Morgan fingerprint density at radius 3 is 2.22 bits per heavy atom. The molecule has 0 amide bonds. The van der Waals surface area contributed by atoms with Gasteiger partial charge in [0.2, 0.25) is 0 Å². The van der Waals surface area contributed by atoms with E-state index in [9.17, 15) is 0 Å². The fourth-order valence-electron chi connectivity index (χ4n) is 1.18. The van der Waals surface area contributed by atoms with Crippen molar-refractivity contribution in [1.29, 1.82) is 0 Å². The molecular weight excluding hydrogens is 108 g/mol. The lowest BCUT2D eigenvalue weighted by Gasteiger charge is -2.22. The van der Waals surface area contributed by atoms with Crippen LogP contribution in [0.25, 0.3) is 0 Å². The van der Waals surface area contributed by atoms with E-state index in [4.69, 9.17) is 0 Å². The van der Waals surface area contributed by atoms with E-state index in [1.165, 1.54) is 17.0 Å². The molecule has 43 valence electrons. The summed E-state index contributed by atoms with van der Waals surface area (Å²) < 4.78 is 0. The summed E-state index contributed by atoms with van der Waals surface area (Å²) >= 11 is 0. The molecule has 2 aliphatic carbocycles. The number of hydrogen-bond donors (Lipinski definition) is 0. The van der Waals surface area contributed by atoms with Gasteiger partial charge in [0.1, 0.15) is 0 Å². The van der Waals surface area contributed by atoms with Gasteiger partial charge in [-0.2, -0.15) is 0 Å². The Balaban J connectivity index is 2.52. The largest absolute Gasteiger partial charge is 0.102 e. The highest BCUT2D eigenvalue weighted by molar-refractivity contribution is 5.61. The van der Waals surface area contributed by atoms with Crippen molar-refractivity contribution in [3.8, 4) is 0 Å². The van der Waals surface area contributed by atoms with E-state index in [0.717, 1.165) is 0 Å². The summed E-state index contributed by atoms with van der Waals surface area (Å²) in [6.45, 7) is 3.71. The van der Waals surface area contributed by atoms with Crippen LogP contribution in [0, 0.1) is 5.92 Å². The van der Waals surface area contributed by atoms with E-state index in [-0.39, 0.29) is 0 Å². The summed E-state index contributed by atoms with van der Waals surface area (Å²) in [5.41, 5.74) is 2.64. The molecule has 0 heteroatoms. The van der Waals surface area contributed by atoms with Gasteiger partial charge in [0.25, 0.3) is 0 Å². The predicted octanol–water partition coefficient (Wildman–Crippen LogP) is 2.16. The van der Waals surface area contributed by atoms with E-state index in [0.29, 0.717) is 0 Å². The molecule has 3 rings (SSSR count). The standard InChI is InChI=1S/C9H7/c1-2-9-7-4-3-5-8(9)6-7/h2-6H,1H2. The normalized spacial score (nSPS) is 14.7. The van der Waals surface area contributed by atoms with Crippen molar-refractivity contribution in [3.05, 3.63) is 54.0 Å². The first-order valence-corrected chi connectivity index (χ1v) is 3.02. The van der Waals surface area contributed by atoms with Gasteiger partial charge in [-0.1, -0.05) is 30.3 Å². The summed E-state index contributed by atoms with van der Waals surface area (Å²) in [5.74, 6) is 1.30. The van der Waals surface area contributed by atoms with Gasteiger partial charge in [0.15, 0.2) is 0 Å². The van der Waals surface area contributed by atoms with Crippen molar-refractivity contribution in [3.63, 3.8) is 0 Å². The van der Waals surface area contributed by atoms with Crippen LogP contribution in [-0.2, 0) is 0 Å². The number of benzene rings is 1. The molecule has 0 aliphatic heterocycles. The lowest BCUT2D eigenvalue weighted by molar-refractivity contribution is 1.19. The maximum atomic E-state index is 3.71. The molecule has 2 aliphatic rings. The van der Waals surface area contributed by atoms with Crippen molar-refractivity contribution in [1.82, 2.24) is 0 Å². The molecule has 0 unspecified atom stereocenters. The molecule has 1 aromatic rings. The van der Waals surface area contributed by atoms with Gasteiger partial charge < -0.3 is 0 Å². The van der Waals surface area contributed by atoms with Crippen molar-refractivity contribution >= 4 is 0 Å². The number of rotatable bonds is 1. The fraction of sp³-hybridized carbons (Fsp3) is 0. The highest BCUT2D eigenvalue weighted by Crippen LogP contribution is 2.33. The highest BCUT2D eigenvalue weighted by atomic mass is 14.2. The fourth-order valence-corrected chi connectivity index (χ4v) is 1.18. The highest BCUT2D eigenvalue weighted by Gasteiger charge is 2.19. The Hall–Kier alpha value is -1.04. The van der Waals surface area contributed by atoms with Crippen LogP contribution in [-0.4, -0.2) is 0 Å². The first-order valence-electron chi connectivity index (χ1n) is 3.02. The minimum Gasteiger partial charge on any atom is -0.102 e. The third-order valence-electron chi connectivity index (χ3n) is 1.69. The van der Waals surface area contributed by atoms with Gasteiger partial charge in [0, 0.05) is 0 Å². The molecule has 1 radical (unpaired) electrons. The Morgan fingerprint density at radius 1 is 1.22 bits per heavy atom. The zero-order chi connectivity index (χ0) is 6.27. The predicted molar refractivity (Wildman–Crippen MR) is 38.1 cm³/mol. The minimum absolute atomic E-state index is 1.30. The molecule has 9 heavy (non-hydrogen) atoms. The summed E-state index contributed by atoms with van der Waals surface area (Å²) in [4.78, 5) is 0.